The SMILES string of the molecule is CC(C)(C)OC(=O)N1CC[C@H](COc2cccc(Br)c2)C1. The van der Waals surface area contributed by atoms with Gasteiger partial charge in [0.15, 0.2) is 0 Å². The Morgan fingerprint density at radius 1 is 1.43 bits per heavy atom. The molecule has 0 bridgehead atoms. The van der Waals surface area contributed by atoms with Gasteiger partial charge in [-0.15, -0.1) is 0 Å². The number of amides is 1. The van der Waals surface area contributed by atoms with Crippen LogP contribution in [-0.4, -0.2) is 36.3 Å². The van der Waals surface area contributed by atoms with Crippen LogP contribution in [0.25, 0.3) is 0 Å². The zero-order valence-electron chi connectivity index (χ0n) is 12.8. The lowest BCUT2D eigenvalue weighted by Gasteiger charge is -2.24. The van der Waals surface area contributed by atoms with E-state index in [1.165, 1.54) is 0 Å². The molecule has 1 heterocycles. The van der Waals surface area contributed by atoms with E-state index in [9.17, 15) is 4.79 Å². The minimum atomic E-state index is -0.442. The summed E-state index contributed by atoms with van der Waals surface area (Å²) in [6.07, 6.45) is 0.722. The van der Waals surface area contributed by atoms with Crippen LogP contribution in [0.2, 0.25) is 0 Å². The van der Waals surface area contributed by atoms with Gasteiger partial charge in [-0.05, 0) is 45.4 Å². The average molecular weight is 356 g/mol. The molecular formula is C16H22BrNO3. The maximum absolute atomic E-state index is 12.0. The Morgan fingerprint density at radius 3 is 2.86 bits per heavy atom. The second-order valence-electron chi connectivity index (χ2n) is 6.35. The van der Waals surface area contributed by atoms with Crippen LogP contribution in [0.3, 0.4) is 0 Å². The standard InChI is InChI=1S/C16H22BrNO3/c1-16(2,3)21-15(19)18-8-7-12(10-18)11-20-14-6-4-5-13(17)9-14/h4-6,9,12H,7-8,10-11H2,1-3H3/t12-/m0/s1. The molecule has 1 atom stereocenters. The highest BCUT2D eigenvalue weighted by Gasteiger charge is 2.30. The van der Waals surface area contributed by atoms with E-state index in [0.717, 1.165) is 23.2 Å². The first-order chi connectivity index (χ1) is 9.83. The summed E-state index contributed by atoms with van der Waals surface area (Å²) >= 11 is 3.42. The molecule has 1 aromatic rings. The number of hydrogen-bond donors (Lipinski definition) is 0. The topological polar surface area (TPSA) is 38.8 Å². The molecule has 0 aromatic heterocycles. The highest BCUT2D eigenvalue weighted by Crippen LogP contribution is 2.22. The molecule has 1 amide bonds. The Balaban J connectivity index is 1.79. The second-order valence-corrected chi connectivity index (χ2v) is 7.27. The van der Waals surface area contributed by atoms with Crippen LogP contribution >= 0.6 is 15.9 Å². The lowest BCUT2D eigenvalue weighted by Crippen LogP contribution is -2.35. The number of rotatable bonds is 3. The molecule has 1 fully saturated rings. The van der Waals surface area contributed by atoms with Crippen LogP contribution in [-0.2, 0) is 4.74 Å². The van der Waals surface area contributed by atoms with Crippen LogP contribution in [0, 0.1) is 5.92 Å². The smallest absolute Gasteiger partial charge is 0.410 e. The van der Waals surface area contributed by atoms with Crippen molar-refractivity contribution in [3.8, 4) is 5.75 Å². The Labute approximate surface area is 134 Å². The zero-order chi connectivity index (χ0) is 15.5. The van der Waals surface area contributed by atoms with Gasteiger partial charge in [0.05, 0.1) is 6.61 Å². The van der Waals surface area contributed by atoms with E-state index in [2.05, 4.69) is 15.9 Å². The Hall–Kier alpha value is -1.23. The minimum Gasteiger partial charge on any atom is -0.493 e. The molecule has 1 aromatic carbocycles. The van der Waals surface area contributed by atoms with Gasteiger partial charge in [-0.3, -0.25) is 0 Å². The summed E-state index contributed by atoms with van der Waals surface area (Å²) < 4.78 is 12.2. The van der Waals surface area contributed by atoms with E-state index >= 15 is 0 Å². The number of likely N-dealkylation sites (tertiary alicyclic amines) is 1. The first-order valence-electron chi connectivity index (χ1n) is 7.20. The lowest BCUT2D eigenvalue weighted by atomic mass is 10.1. The molecule has 0 radical (unpaired) electrons. The van der Waals surface area contributed by atoms with E-state index in [-0.39, 0.29) is 6.09 Å². The Morgan fingerprint density at radius 2 is 2.19 bits per heavy atom. The molecule has 4 nitrogen and oxygen atoms in total. The molecule has 0 unspecified atom stereocenters. The lowest BCUT2D eigenvalue weighted by molar-refractivity contribution is 0.0285. The van der Waals surface area contributed by atoms with Crippen molar-refractivity contribution in [2.45, 2.75) is 32.8 Å². The molecule has 1 saturated heterocycles. The normalized spacial score (nSPS) is 18.7. The van der Waals surface area contributed by atoms with Crippen LogP contribution in [0.1, 0.15) is 27.2 Å². The van der Waals surface area contributed by atoms with E-state index in [1.807, 2.05) is 45.0 Å². The van der Waals surface area contributed by atoms with Crippen molar-refractivity contribution in [1.82, 2.24) is 4.90 Å². The summed E-state index contributed by atoms with van der Waals surface area (Å²) in [5, 5.41) is 0. The van der Waals surface area contributed by atoms with E-state index in [0.29, 0.717) is 19.1 Å². The first kappa shape index (κ1) is 16.1. The number of nitrogens with zero attached hydrogens (tertiary/aromatic N) is 1. The molecule has 1 aliphatic rings. The maximum Gasteiger partial charge on any atom is 0.410 e. The quantitative estimate of drug-likeness (QED) is 0.819. The van der Waals surface area contributed by atoms with E-state index in [1.54, 1.807) is 4.90 Å². The number of ether oxygens (including phenoxy) is 2. The average Bonchev–Trinajstić information content (AvgIpc) is 2.83. The van der Waals surface area contributed by atoms with Gasteiger partial charge in [0.1, 0.15) is 11.4 Å². The van der Waals surface area contributed by atoms with Crippen molar-refractivity contribution in [3.05, 3.63) is 28.7 Å². The van der Waals surface area contributed by atoms with Gasteiger partial charge in [0.2, 0.25) is 0 Å². The summed E-state index contributed by atoms with van der Waals surface area (Å²) in [5.41, 5.74) is -0.442. The van der Waals surface area contributed by atoms with Gasteiger partial charge >= 0.3 is 6.09 Å². The van der Waals surface area contributed by atoms with Gasteiger partial charge in [-0.2, -0.15) is 0 Å². The number of halogens is 1. The van der Waals surface area contributed by atoms with Crippen LogP contribution in [0.5, 0.6) is 5.75 Å². The van der Waals surface area contributed by atoms with Crippen LogP contribution in [0.4, 0.5) is 4.79 Å². The molecule has 0 N–H and O–H groups in total. The molecule has 21 heavy (non-hydrogen) atoms. The highest BCUT2D eigenvalue weighted by atomic mass is 79.9. The molecular weight excluding hydrogens is 334 g/mol. The molecule has 116 valence electrons. The van der Waals surface area contributed by atoms with E-state index in [4.69, 9.17) is 9.47 Å². The molecule has 5 heteroatoms. The molecule has 0 spiro atoms. The van der Waals surface area contributed by atoms with Crippen molar-refractivity contribution < 1.29 is 14.3 Å². The number of hydrogen-bond acceptors (Lipinski definition) is 3. The van der Waals surface area contributed by atoms with Gasteiger partial charge in [-0.1, -0.05) is 22.0 Å². The first-order valence-corrected chi connectivity index (χ1v) is 7.99. The summed E-state index contributed by atoms with van der Waals surface area (Å²) in [6.45, 7) is 7.71. The summed E-state index contributed by atoms with van der Waals surface area (Å²) in [7, 11) is 0. The van der Waals surface area contributed by atoms with Crippen LogP contribution in [0.15, 0.2) is 28.7 Å². The van der Waals surface area contributed by atoms with E-state index < -0.39 is 5.60 Å². The molecule has 2 rings (SSSR count). The van der Waals surface area contributed by atoms with Crippen LogP contribution < -0.4 is 4.74 Å². The maximum atomic E-state index is 12.0. The third kappa shape index (κ3) is 5.23. The predicted octanol–water partition coefficient (Wildman–Crippen LogP) is 4.08. The highest BCUT2D eigenvalue weighted by molar-refractivity contribution is 9.10. The fourth-order valence-corrected chi connectivity index (χ4v) is 2.61. The predicted molar refractivity (Wildman–Crippen MR) is 85.6 cm³/mol. The summed E-state index contributed by atoms with van der Waals surface area (Å²) in [4.78, 5) is 13.7. The second kappa shape index (κ2) is 6.69. The van der Waals surface area contributed by atoms with Crippen molar-refractivity contribution in [2.24, 2.45) is 5.92 Å². The fourth-order valence-electron chi connectivity index (χ4n) is 2.23. The zero-order valence-corrected chi connectivity index (χ0v) is 14.4. The minimum absolute atomic E-state index is 0.229. The van der Waals surface area contributed by atoms with Gasteiger partial charge < -0.3 is 14.4 Å². The number of carbonyl (C=O) groups excluding carboxylic acids is 1. The third-order valence-corrected chi connectivity index (χ3v) is 3.71. The summed E-state index contributed by atoms with van der Waals surface area (Å²) in [5.74, 6) is 1.21. The largest absolute Gasteiger partial charge is 0.493 e. The van der Waals surface area contributed by atoms with Gasteiger partial charge in [0.25, 0.3) is 0 Å². The van der Waals surface area contributed by atoms with Crippen molar-refractivity contribution in [2.75, 3.05) is 19.7 Å². The third-order valence-electron chi connectivity index (χ3n) is 3.22. The summed E-state index contributed by atoms with van der Waals surface area (Å²) in [6, 6.07) is 7.79. The number of carbonyl (C=O) groups is 1. The fraction of sp³-hybridized carbons (Fsp3) is 0.562. The molecule has 0 saturated carbocycles. The van der Waals surface area contributed by atoms with Crippen molar-refractivity contribution in [3.63, 3.8) is 0 Å². The Bertz CT molecular complexity index is 499. The van der Waals surface area contributed by atoms with Crippen molar-refractivity contribution >= 4 is 22.0 Å². The van der Waals surface area contributed by atoms with Gasteiger partial charge in [0, 0.05) is 23.5 Å². The van der Waals surface area contributed by atoms with Gasteiger partial charge in [-0.25, -0.2) is 4.79 Å². The Kier molecular flexibility index (Phi) is 5.14. The monoisotopic (exact) mass is 355 g/mol. The number of benzene rings is 1. The molecule has 0 aliphatic carbocycles. The molecule has 1 aliphatic heterocycles. The van der Waals surface area contributed by atoms with Crippen molar-refractivity contribution in [1.29, 1.82) is 0 Å².